The van der Waals surface area contributed by atoms with E-state index in [9.17, 15) is 8.42 Å². The van der Waals surface area contributed by atoms with Gasteiger partial charge in [0.25, 0.3) is 0 Å². The maximum atomic E-state index is 11.0. The number of benzene rings is 1. The molecule has 1 aliphatic rings. The lowest BCUT2D eigenvalue weighted by Crippen LogP contribution is -2.12. The van der Waals surface area contributed by atoms with E-state index >= 15 is 0 Å². The molecule has 64 valence electrons. The van der Waals surface area contributed by atoms with Crippen molar-refractivity contribution < 1.29 is 8.42 Å². The van der Waals surface area contributed by atoms with E-state index < -0.39 is 10.2 Å². The summed E-state index contributed by atoms with van der Waals surface area (Å²) in [5.41, 5.74) is 1.06. The number of hydrogen-bond acceptors (Lipinski definition) is 3. The maximum Gasteiger partial charge on any atom is 0.321 e. The molecule has 1 heterocycles. The molecule has 0 atom stereocenters. The van der Waals surface area contributed by atoms with E-state index in [1.54, 1.807) is 18.2 Å². The van der Waals surface area contributed by atoms with Crippen LogP contribution in [-0.4, -0.2) is 8.42 Å². The summed E-state index contributed by atoms with van der Waals surface area (Å²) in [5, 5.41) is 0. The maximum absolute atomic E-state index is 11.0. The van der Waals surface area contributed by atoms with Crippen molar-refractivity contribution in [3.63, 3.8) is 0 Å². The van der Waals surface area contributed by atoms with Crippen LogP contribution in [0.15, 0.2) is 23.1 Å². The van der Waals surface area contributed by atoms with Gasteiger partial charge in [0.1, 0.15) is 0 Å². The Labute approximate surface area is 75.6 Å². The Kier molecular flexibility index (Phi) is 1.49. The molecule has 1 aliphatic heterocycles. The third kappa shape index (κ3) is 1.12. The van der Waals surface area contributed by atoms with E-state index in [-0.39, 0.29) is 0 Å². The quantitative estimate of drug-likeness (QED) is 0.551. The van der Waals surface area contributed by atoms with Gasteiger partial charge in [-0.3, -0.25) is 9.44 Å². The molecule has 0 spiro atoms. The fraction of sp³-hybridized carbons (Fsp3) is 0. The predicted molar refractivity (Wildman–Crippen MR) is 49.9 cm³/mol. The fourth-order valence-corrected chi connectivity index (χ4v) is 2.37. The van der Waals surface area contributed by atoms with Gasteiger partial charge in [0.2, 0.25) is 0 Å². The first-order valence-corrected chi connectivity index (χ1v) is 5.14. The predicted octanol–water partition coefficient (Wildman–Crippen LogP) is 1.06. The standard InChI is InChI=1S/C6H6N2O2S2/c9-12(10)7-4-2-1-3-5(11)6(4)8-12/h1-3,7-8,11H. The van der Waals surface area contributed by atoms with Crippen molar-refractivity contribution in [1.29, 1.82) is 0 Å². The van der Waals surface area contributed by atoms with Crippen LogP contribution in [0.25, 0.3) is 0 Å². The molecule has 0 aliphatic carbocycles. The zero-order valence-corrected chi connectivity index (χ0v) is 7.61. The lowest BCUT2D eigenvalue weighted by atomic mass is 10.3. The van der Waals surface area contributed by atoms with Crippen LogP contribution in [0.2, 0.25) is 0 Å². The normalized spacial score (nSPS) is 17.8. The summed E-state index contributed by atoms with van der Waals surface area (Å²) in [6.45, 7) is 0. The second-order valence-corrected chi connectivity index (χ2v) is 4.30. The molecular weight excluding hydrogens is 196 g/mol. The molecule has 0 amide bonds. The first-order valence-electron chi connectivity index (χ1n) is 3.21. The molecule has 4 nitrogen and oxygen atoms in total. The number of nitrogens with one attached hydrogen (secondary N) is 2. The molecular formula is C6H6N2O2S2. The molecule has 12 heavy (non-hydrogen) atoms. The second-order valence-electron chi connectivity index (χ2n) is 2.41. The molecule has 0 fully saturated rings. The zero-order valence-electron chi connectivity index (χ0n) is 5.90. The number of fused-ring (bicyclic) bond motifs is 1. The van der Waals surface area contributed by atoms with Crippen molar-refractivity contribution in [2.45, 2.75) is 4.90 Å². The molecule has 0 unspecified atom stereocenters. The molecule has 1 aromatic rings. The number of rotatable bonds is 0. The minimum absolute atomic E-state index is 0.515. The summed E-state index contributed by atoms with van der Waals surface area (Å²) in [6.07, 6.45) is 0. The van der Waals surface area contributed by atoms with Crippen molar-refractivity contribution in [2.75, 3.05) is 9.44 Å². The van der Waals surface area contributed by atoms with Gasteiger partial charge >= 0.3 is 10.2 Å². The average Bonchev–Trinajstić information content (AvgIpc) is 2.25. The minimum atomic E-state index is -3.38. The number of hydrogen-bond donors (Lipinski definition) is 3. The number of para-hydroxylation sites is 1. The van der Waals surface area contributed by atoms with Crippen molar-refractivity contribution in [1.82, 2.24) is 0 Å². The van der Waals surface area contributed by atoms with E-state index in [4.69, 9.17) is 0 Å². The Hall–Kier alpha value is -0.880. The van der Waals surface area contributed by atoms with Gasteiger partial charge in [0.15, 0.2) is 0 Å². The van der Waals surface area contributed by atoms with Crippen LogP contribution in [0.1, 0.15) is 0 Å². The van der Waals surface area contributed by atoms with E-state index in [1.807, 2.05) is 0 Å². The Morgan fingerprint density at radius 2 is 2.00 bits per heavy atom. The summed E-state index contributed by atoms with van der Waals surface area (Å²) in [5.74, 6) is 0. The highest BCUT2D eigenvalue weighted by Gasteiger charge is 2.23. The topological polar surface area (TPSA) is 58.2 Å². The van der Waals surface area contributed by atoms with Crippen LogP contribution >= 0.6 is 12.6 Å². The van der Waals surface area contributed by atoms with Crippen molar-refractivity contribution in [2.24, 2.45) is 0 Å². The van der Waals surface area contributed by atoms with Crippen LogP contribution in [0.5, 0.6) is 0 Å². The molecule has 0 saturated carbocycles. The van der Waals surface area contributed by atoms with Crippen LogP contribution < -0.4 is 9.44 Å². The third-order valence-corrected chi connectivity index (χ3v) is 2.86. The van der Waals surface area contributed by atoms with Crippen molar-refractivity contribution >= 4 is 34.2 Å². The molecule has 6 heteroatoms. The van der Waals surface area contributed by atoms with Gasteiger partial charge in [0, 0.05) is 4.90 Å². The number of thiol groups is 1. The SMILES string of the molecule is O=S1(=O)Nc2cccc(S)c2N1. The zero-order chi connectivity index (χ0) is 8.77. The highest BCUT2D eigenvalue weighted by Crippen LogP contribution is 2.34. The molecule has 1 aromatic carbocycles. The van der Waals surface area contributed by atoms with Gasteiger partial charge in [-0.05, 0) is 12.1 Å². The lowest BCUT2D eigenvalue weighted by Gasteiger charge is -1.97. The summed E-state index contributed by atoms with van der Waals surface area (Å²) in [4.78, 5) is 0.612. The van der Waals surface area contributed by atoms with Crippen LogP contribution in [-0.2, 0) is 10.2 Å². The molecule has 0 aromatic heterocycles. The molecule has 2 rings (SSSR count). The van der Waals surface area contributed by atoms with Crippen molar-refractivity contribution in [3.05, 3.63) is 18.2 Å². The van der Waals surface area contributed by atoms with Gasteiger partial charge in [-0.1, -0.05) is 6.07 Å². The van der Waals surface area contributed by atoms with E-state index in [0.29, 0.717) is 16.3 Å². The van der Waals surface area contributed by atoms with E-state index in [0.717, 1.165) is 0 Å². The number of anilines is 2. The Morgan fingerprint density at radius 3 is 2.67 bits per heavy atom. The van der Waals surface area contributed by atoms with Gasteiger partial charge < -0.3 is 0 Å². The Balaban J connectivity index is 2.63. The Morgan fingerprint density at radius 1 is 1.25 bits per heavy atom. The van der Waals surface area contributed by atoms with Gasteiger partial charge in [-0.25, -0.2) is 0 Å². The largest absolute Gasteiger partial charge is 0.321 e. The highest BCUT2D eigenvalue weighted by molar-refractivity contribution is 7.94. The monoisotopic (exact) mass is 202 g/mol. The van der Waals surface area contributed by atoms with Crippen LogP contribution in [0, 0.1) is 0 Å². The van der Waals surface area contributed by atoms with Crippen LogP contribution in [0.3, 0.4) is 0 Å². The van der Waals surface area contributed by atoms with Gasteiger partial charge in [-0.2, -0.15) is 8.42 Å². The highest BCUT2D eigenvalue weighted by atomic mass is 32.2. The second kappa shape index (κ2) is 2.30. The molecule has 2 N–H and O–H groups in total. The van der Waals surface area contributed by atoms with Gasteiger partial charge in [0.05, 0.1) is 11.4 Å². The van der Waals surface area contributed by atoms with E-state index in [1.165, 1.54) is 0 Å². The molecule has 0 bridgehead atoms. The molecule has 0 radical (unpaired) electrons. The first kappa shape index (κ1) is 7.75. The van der Waals surface area contributed by atoms with Crippen LogP contribution in [0.4, 0.5) is 11.4 Å². The fourth-order valence-electron chi connectivity index (χ4n) is 1.04. The van der Waals surface area contributed by atoms with Gasteiger partial charge in [-0.15, -0.1) is 12.6 Å². The summed E-state index contributed by atoms with van der Waals surface area (Å²) in [6, 6.07) is 5.13. The average molecular weight is 202 g/mol. The third-order valence-electron chi connectivity index (χ3n) is 1.52. The molecule has 0 saturated heterocycles. The summed E-state index contributed by atoms with van der Waals surface area (Å²) in [7, 11) is -3.38. The summed E-state index contributed by atoms with van der Waals surface area (Å²) < 4.78 is 26.6. The minimum Gasteiger partial charge on any atom is -0.265 e. The Bertz CT molecular complexity index is 427. The first-order chi connectivity index (χ1) is 5.58. The lowest BCUT2D eigenvalue weighted by molar-refractivity contribution is 0.607. The smallest absolute Gasteiger partial charge is 0.265 e. The van der Waals surface area contributed by atoms with Crippen molar-refractivity contribution in [3.8, 4) is 0 Å². The van der Waals surface area contributed by atoms with E-state index in [2.05, 4.69) is 22.1 Å². The summed E-state index contributed by atoms with van der Waals surface area (Å²) >= 11 is 4.10.